The highest BCUT2D eigenvalue weighted by Crippen LogP contribution is 2.31. The van der Waals surface area contributed by atoms with Gasteiger partial charge in [-0.1, -0.05) is 11.6 Å². The molecule has 2 aromatic heterocycles. The lowest BCUT2D eigenvalue weighted by Gasteiger charge is -2.41. The molecule has 2 aromatic rings. The predicted molar refractivity (Wildman–Crippen MR) is 129 cm³/mol. The van der Waals surface area contributed by atoms with Gasteiger partial charge >= 0.3 is 0 Å². The lowest BCUT2D eigenvalue weighted by atomic mass is 9.92. The number of likely N-dealkylation sites (tertiary alicyclic amines) is 1. The molecule has 2 saturated heterocycles. The second-order valence-corrected chi connectivity index (χ2v) is 9.79. The number of aromatic nitrogens is 2. The van der Waals surface area contributed by atoms with E-state index in [0.717, 1.165) is 24.7 Å². The quantitative estimate of drug-likeness (QED) is 0.730. The smallest absolute Gasteiger partial charge is 0.137 e. The molecule has 0 bridgehead atoms. The van der Waals surface area contributed by atoms with E-state index in [-0.39, 0.29) is 0 Å². The number of aryl methyl sites for hydroxylation is 1. The van der Waals surface area contributed by atoms with Gasteiger partial charge in [-0.15, -0.1) is 0 Å². The molecule has 0 unspecified atom stereocenters. The van der Waals surface area contributed by atoms with Gasteiger partial charge in [0.15, 0.2) is 0 Å². The minimum atomic E-state index is 0.849. The van der Waals surface area contributed by atoms with Crippen molar-refractivity contribution in [3.8, 4) is 0 Å². The lowest BCUT2D eigenvalue weighted by molar-refractivity contribution is 0.159. The van der Waals surface area contributed by atoms with Gasteiger partial charge in [0, 0.05) is 70.1 Å². The first kappa shape index (κ1) is 20.6. The van der Waals surface area contributed by atoms with Gasteiger partial charge in [0.1, 0.15) is 5.65 Å². The first-order valence-electron chi connectivity index (χ1n) is 12.1. The van der Waals surface area contributed by atoms with E-state index in [1.165, 1.54) is 80.9 Å². The van der Waals surface area contributed by atoms with E-state index in [4.69, 9.17) is 0 Å². The molecule has 2 aliphatic heterocycles. The number of imidazole rings is 1. The highest BCUT2D eigenvalue weighted by atomic mass is 15.3. The SMILES string of the molecule is CC1=C(C)C(N2CCC(CN3CCN(c4cn5ccnc5cc4C)CC3)CC2)=CCC1. The molecule has 166 valence electrons. The fourth-order valence-electron chi connectivity index (χ4n) is 5.62. The highest BCUT2D eigenvalue weighted by molar-refractivity contribution is 5.58. The maximum atomic E-state index is 4.41. The van der Waals surface area contributed by atoms with Crippen LogP contribution in [-0.2, 0) is 0 Å². The third-order valence-electron chi connectivity index (χ3n) is 7.78. The van der Waals surface area contributed by atoms with Gasteiger partial charge in [0.2, 0.25) is 0 Å². The average molecular weight is 420 g/mol. The van der Waals surface area contributed by atoms with Gasteiger partial charge in [-0.2, -0.15) is 0 Å². The van der Waals surface area contributed by atoms with Crippen molar-refractivity contribution in [1.82, 2.24) is 19.2 Å². The molecule has 5 rings (SSSR count). The molecule has 0 saturated carbocycles. The molecule has 3 aliphatic rings. The summed E-state index contributed by atoms with van der Waals surface area (Å²) in [5, 5.41) is 0. The predicted octanol–water partition coefficient (Wildman–Crippen LogP) is 4.49. The van der Waals surface area contributed by atoms with Crippen molar-refractivity contribution in [1.29, 1.82) is 0 Å². The summed E-state index contributed by atoms with van der Waals surface area (Å²) in [5.41, 5.74) is 8.37. The van der Waals surface area contributed by atoms with Gasteiger partial charge in [-0.3, -0.25) is 4.90 Å². The average Bonchev–Trinajstić information content (AvgIpc) is 3.24. The van der Waals surface area contributed by atoms with E-state index in [1.807, 2.05) is 12.4 Å². The first-order valence-corrected chi connectivity index (χ1v) is 12.1. The van der Waals surface area contributed by atoms with Crippen LogP contribution in [0.3, 0.4) is 0 Å². The second kappa shape index (κ2) is 8.70. The van der Waals surface area contributed by atoms with Crippen LogP contribution >= 0.6 is 0 Å². The third-order valence-corrected chi connectivity index (χ3v) is 7.78. The zero-order chi connectivity index (χ0) is 21.4. The van der Waals surface area contributed by atoms with Crippen LogP contribution in [0, 0.1) is 12.8 Å². The fourth-order valence-corrected chi connectivity index (χ4v) is 5.62. The van der Waals surface area contributed by atoms with Crippen LogP contribution in [0.1, 0.15) is 45.1 Å². The number of hydrogen-bond acceptors (Lipinski definition) is 4. The minimum absolute atomic E-state index is 0.849. The van der Waals surface area contributed by atoms with Crippen molar-refractivity contribution in [2.45, 2.75) is 46.5 Å². The summed E-state index contributed by atoms with van der Waals surface area (Å²) in [7, 11) is 0. The van der Waals surface area contributed by atoms with Crippen molar-refractivity contribution in [3.63, 3.8) is 0 Å². The van der Waals surface area contributed by atoms with Crippen LogP contribution in [-0.4, -0.2) is 65.0 Å². The largest absolute Gasteiger partial charge is 0.372 e. The summed E-state index contributed by atoms with van der Waals surface area (Å²) in [6.45, 7) is 15.2. The Bertz CT molecular complexity index is 984. The van der Waals surface area contributed by atoms with Crippen LogP contribution in [0.15, 0.2) is 47.6 Å². The molecule has 0 spiro atoms. The molecule has 0 N–H and O–H groups in total. The summed E-state index contributed by atoms with van der Waals surface area (Å²) >= 11 is 0. The van der Waals surface area contributed by atoms with Gasteiger partial charge in [-0.05, 0) is 69.6 Å². The van der Waals surface area contributed by atoms with Crippen LogP contribution in [0.2, 0.25) is 0 Å². The molecule has 0 atom stereocenters. The van der Waals surface area contributed by atoms with Gasteiger partial charge < -0.3 is 14.2 Å². The molecule has 5 heteroatoms. The molecule has 5 nitrogen and oxygen atoms in total. The standard InChI is InChI=1S/C26H37N5/c1-20-5-4-6-24(22(20)3)29-10-7-23(8-11-29)18-28-13-15-30(16-14-28)25-19-31-12-9-27-26(31)17-21(25)2/h6,9,12,17,19,23H,4-5,7-8,10-11,13-16,18H2,1-3H3. The number of piperazine rings is 1. The van der Waals surface area contributed by atoms with E-state index in [1.54, 1.807) is 5.57 Å². The van der Waals surface area contributed by atoms with Crippen molar-refractivity contribution in [2.24, 2.45) is 5.92 Å². The normalized spacial score (nSPS) is 21.8. The summed E-state index contributed by atoms with van der Waals surface area (Å²) in [4.78, 5) is 12.3. The Morgan fingerprint density at radius 3 is 2.52 bits per heavy atom. The Balaban J connectivity index is 1.12. The Morgan fingerprint density at radius 2 is 1.74 bits per heavy atom. The molecule has 1 aliphatic carbocycles. The van der Waals surface area contributed by atoms with Crippen molar-refractivity contribution < 1.29 is 0 Å². The number of piperidine rings is 1. The summed E-state index contributed by atoms with van der Waals surface area (Å²) in [5.74, 6) is 0.849. The molecule has 31 heavy (non-hydrogen) atoms. The number of allylic oxidation sites excluding steroid dienone is 3. The molecule has 4 heterocycles. The van der Waals surface area contributed by atoms with E-state index < -0.39 is 0 Å². The summed E-state index contributed by atoms with van der Waals surface area (Å²) < 4.78 is 2.14. The topological polar surface area (TPSA) is 27.0 Å². The van der Waals surface area contributed by atoms with E-state index >= 15 is 0 Å². The zero-order valence-electron chi connectivity index (χ0n) is 19.5. The van der Waals surface area contributed by atoms with Crippen molar-refractivity contribution >= 4 is 11.3 Å². The third kappa shape index (κ3) is 4.25. The molecule has 2 fully saturated rings. The molecular weight excluding hydrogens is 382 g/mol. The van der Waals surface area contributed by atoms with Crippen LogP contribution in [0.5, 0.6) is 0 Å². The Labute approximate surface area is 187 Å². The highest BCUT2D eigenvalue weighted by Gasteiger charge is 2.26. The monoisotopic (exact) mass is 419 g/mol. The summed E-state index contributed by atoms with van der Waals surface area (Å²) in [6, 6.07) is 2.20. The molecule has 0 radical (unpaired) electrons. The van der Waals surface area contributed by atoms with Gasteiger partial charge in [0.25, 0.3) is 0 Å². The van der Waals surface area contributed by atoms with E-state index in [2.05, 4.69) is 63.2 Å². The summed E-state index contributed by atoms with van der Waals surface area (Å²) in [6.07, 6.45) is 13.8. The molecular formula is C26H37N5. The number of anilines is 1. The number of pyridine rings is 1. The number of rotatable bonds is 4. The molecule has 0 amide bonds. The minimum Gasteiger partial charge on any atom is -0.372 e. The Kier molecular flexibility index (Phi) is 5.79. The first-order chi connectivity index (χ1) is 15.1. The maximum absolute atomic E-state index is 4.41. The Hall–Kier alpha value is -2.27. The van der Waals surface area contributed by atoms with Crippen LogP contribution in [0.4, 0.5) is 5.69 Å². The lowest BCUT2D eigenvalue weighted by Crippen LogP contribution is -2.49. The van der Waals surface area contributed by atoms with E-state index in [9.17, 15) is 0 Å². The maximum Gasteiger partial charge on any atom is 0.137 e. The van der Waals surface area contributed by atoms with Gasteiger partial charge in [-0.25, -0.2) is 4.98 Å². The second-order valence-electron chi connectivity index (χ2n) is 9.79. The van der Waals surface area contributed by atoms with Crippen molar-refractivity contribution in [2.75, 3.05) is 50.7 Å². The van der Waals surface area contributed by atoms with Crippen LogP contribution in [0.25, 0.3) is 5.65 Å². The zero-order valence-corrected chi connectivity index (χ0v) is 19.5. The molecule has 0 aromatic carbocycles. The van der Waals surface area contributed by atoms with E-state index in [0.29, 0.717) is 0 Å². The van der Waals surface area contributed by atoms with Crippen molar-refractivity contribution in [3.05, 3.63) is 53.1 Å². The number of nitrogens with zero attached hydrogens (tertiary/aromatic N) is 5. The number of hydrogen-bond donors (Lipinski definition) is 0. The fraction of sp³-hybridized carbons (Fsp3) is 0.577. The Morgan fingerprint density at radius 1 is 0.968 bits per heavy atom. The van der Waals surface area contributed by atoms with Crippen LogP contribution < -0.4 is 4.90 Å². The number of fused-ring (bicyclic) bond motifs is 1. The van der Waals surface area contributed by atoms with Gasteiger partial charge in [0.05, 0.1) is 5.69 Å².